The maximum atomic E-state index is 11.6. The number of rotatable bonds is 7. The van der Waals surface area contributed by atoms with Crippen LogP contribution in [0.25, 0.3) is 33.7 Å². The number of carboxylic acid groups (broad SMARTS) is 1. The van der Waals surface area contributed by atoms with Gasteiger partial charge in [-0.25, -0.2) is 4.98 Å². The van der Waals surface area contributed by atoms with Crippen LogP contribution in [0, 0.1) is 18.3 Å². The standard InChI is InChI=1S/C32H24N4O3/c1-20-29(35-28-8-4-7-27(34-28)26-6-3-2-5-24(26)19-33)30(39-36-20)23-11-9-21(10-12-23)22-13-15-25(16-14-22)32(17-18-32)31(37)38/h2-16H,17-18H2,1H3,(H,34,35)(H,37,38). The zero-order valence-electron chi connectivity index (χ0n) is 21.2. The van der Waals surface area contributed by atoms with Crippen molar-refractivity contribution in [3.63, 3.8) is 0 Å². The quantitative estimate of drug-likeness (QED) is 0.239. The summed E-state index contributed by atoms with van der Waals surface area (Å²) < 4.78 is 5.69. The minimum Gasteiger partial charge on any atom is -0.481 e. The van der Waals surface area contributed by atoms with Crippen LogP contribution in [0.4, 0.5) is 11.5 Å². The van der Waals surface area contributed by atoms with Crippen LogP contribution in [0.1, 0.15) is 29.7 Å². The van der Waals surface area contributed by atoms with E-state index in [9.17, 15) is 15.2 Å². The van der Waals surface area contributed by atoms with E-state index in [4.69, 9.17) is 9.51 Å². The lowest BCUT2D eigenvalue weighted by Crippen LogP contribution is -2.19. The van der Waals surface area contributed by atoms with Gasteiger partial charge in [-0.15, -0.1) is 0 Å². The molecule has 2 heterocycles. The molecule has 0 unspecified atom stereocenters. The van der Waals surface area contributed by atoms with Crippen LogP contribution in [0.2, 0.25) is 0 Å². The van der Waals surface area contributed by atoms with Gasteiger partial charge in [0.15, 0.2) is 5.76 Å². The van der Waals surface area contributed by atoms with Crippen molar-refractivity contribution in [2.45, 2.75) is 25.2 Å². The molecule has 7 heteroatoms. The average molecular weight is 513 g/mol. The van der Waals surface area contributed by atoms with E-state index in [0.29, 0.717) is 47.1 Å². The number of anilines is 2. The first kappa shape index (κ1) is 24.1. The van der Waals surface area contributed by atoms with Crippen molar-refractivity contribution < 1.29 is 14.4 Å². The van der Waals surface area contributed by atoms with E-state index < -0.39 is 11.4 Å². The molecule has 0 aliphatic heterocycles. The molecule has 0 amide bonds. The Labute approximate surface area is 225 Å². The number of carboxylic acids is 1. The van der Waals surface area contributed by atoms with E-state index in [-0.39, 0.29) is 0 Å². The van der Waals surface area contributed by atoms with E-state index in [1.165, 1.54) is 0 Å². The smallest absolute Gasteiger partial charge is 0.314 e. The summed E-state index contributed by atoms with van der Waals surface area (Å²) in [4.78, 5) is 16.4. The maximum Gasteiger partial charge on any atom is 0.314 e. The summed E-state index contributed by atoms with van der Waals surface area (Å²) >= 11 is 0. The van der Waals surface area contributed by atoms with E-state index in [2.05, 4.69) is 16.5 Å². The molecule has 6 rings (SSSR count). The molecule has 2 N–H and O–H groups in total. The molecule has 0 atom stereocenters. The van der Waals surface area contributed by atoms with Crippen molar-refractivity contribution in [1.29, 1.82) is 5.26 Å². The first-order valence-electron chi connectivity index (χ1n) is 12.6. The number of aliphatic carboxylic acids is 1. The first-order chi connectivity index (χ1) is 19.0. The predicted molar refractivity (Wildman–Crippen MR) is 148 cm³/mol. The van der Waals surface area contributed by atoms with E-state index in [0.717, 1.165) is 27.8 Å². The average Bonchev–Trinajstić information content (AvgIpc) is 3.72. The lowest BCUT2D eigenvalue weighted by molar-refractivity contribution is -0.140. The number of aromatic nitrogens is 2. The Balaban J connectivity index is 1.25. The van der Waals surface area contributed by atoms with Gasteiger partial charge in [-0.2, -0.15) is 5.26 Å². The SMILES string of the molecule is Cc1noc(-c2ccc(-c3ccc(C4(C(=O)O)CC4)cc3)cc2)c1Nc1cccc(-c2ccccc2C#N)n1. The summed E-state index contributed by atoms with van der Waals surface area (Å²) in [6.45, 7) is 1.86. The predicted octanol–water partition coefficient (Wildman–Crippen LogP) is 7.11. The topological polar surface area (TPSA) is 112 Å². The van der Waals surface area contributed by atoms with Crippen LogP contribution < -0.4 is 5.32 Å². The summed E-state index contributed by atoms with van der Waals surface area (Å²) in [6, 6.07) is 31.0. The Morgan fingerprint density at radius 1 is 0.923 bits per heavy atom. The van der Waals surface area contributed by atoms with E-state index in [1.54, 1.807) is 6.07 Å². The summed E-state index contributed by atoms with van der Waals surface area (Å²) in [5, 5.41) is 26.6. The van der Waals surface area contributed by atoms with Gasteiger partial charge in [0.25, 0.3) is 0 Å². The van der Waals surface area contributed by atoms with Crippen molar-refractivity contribution >= 4 is 17.5 Å². The Hall–Kier alpha value is -5.22. The zero-order chi connectivity index (χ0) is 27.0. The number of nitriles is 1. The summed E-state index contributed by atoms with van der Waals surface area (Å²) in [5.41, 5.74) is 6.47. The lowest BCUT2D eigenvalue weighted by atomic mass is 9.93. The fourth-order valence-corrected chi connectivity index (χ4v) is 4.85. The lowest BCUT2D eigenvalue weighted by Gasteiger charge is -2.11. The monoisotopic (exact) mass is 512 g/mol. The Morgan fingerprint density at radius 2 is 1.59 bits per heavy atom. The number of carbonyl (C=O) groups is 1. The molecule has 1 aliphatic carbocycles. The molecule has 1 fully saturated rings. The van der Waals surface area contributed by atoms with Crippen LogP contribution in [0.3, 0.4) is 0 Å². The third kappa shape index (κ3) is 4.42. The third-order valence-corrected chi connectivity index (χ3v) is 7.27. The van der Waals surface area contributed by atoms with E-state index >= 15 is 0 Å². The molecule has 2 aromatic heterocycles. The van der Waals surface area contributed by atoms with Crippen molar-refractivity contribution in [1.82, 2.24) is 10.1 Å². The van der Waals surface area contributed by atoms with Gasteiger partial charge >= 0.3 is 5.97 Å². The minimum absolute atomic E-state index is 0.563. The molecule has 7 nitrogen and oxygen atoms in total. The highest BCUT2D eigenvalue weighted by Crippen LogP contribution is 2.48. The van der Waals surface area contributed by atoms with Gasteiger partial charge in [-0.05, 0) is 54.7 Å². The van der Waals surface area contributed by atoms with Gasteiger partial charge in [-0.1, -0.05) is 78.0 Å². The molecule has 1 aliphatic rings. The second-order valence-corrected chi connectivity index (χ2v) is 9.70. The second kappa shape index (κ2) is 9.58. The maximum absolute atomic E-state index is 11.6. The van der Waals surface area contributed by atoms with Crippen LogP contribution in [0.5, 0.6) is 0 Å². The van der Waals surface area contributed by atoms with Crippen molar-refractivity contribution in [2.75, 3.05) is 5.32 Å². The molecule has 0 spiro atoms. The van der Waals surface area contributed by atoms with Gasteiger partial charge in [-0.3, -0.25) is 4.79 Å². The van der Waals surface area contributed by atoms with Gasteiger partial charge in [0, 0.05) is 11.1 Å². The molecule has 190 valence electrons. The van der Waals surface area contributed by atoms with Crippen LogP contribution in [-0.2, 0) is 10.2 Å². The fourth-order valence-electron chi connectivity index (χ4n) is 4.85. The van der Waals surface area contributed by atoms with Gasteiger partial charge < -0.3 is 14.9 Å². The molecular weight excluding hydrogens is 488 g/mol. The molecule has 39 heavy (non-hydrogen) atoms. The normalized spacial score (nSPS) is 13.4. The van der Waals surface area contributed by atoms with Gasteiger partial charge in [0.2, 0.25) is 0 Å². The molecular formula is C32H24N4O3. The van der Waals surface area contributed by atoms with Crippen LogP contribution >= 0.6 is 0 Å². The highest BCUT2D eigenvalue weighted by Gasteiger charge is 2.51. The minimum atomic E-state index is -0.750. The molecule has 0 radical (unpaired) electrons. The zero-order valence-corrected chi connectivity index (χ0v) is 21.2. The summed E-state index contributed by atoms with van der Waals surface area (Å²) in [7, 11) is 0. The Kier molecular flexibility index (Phi) is 5.93. The molecule has 0 bridgehead atoms. The van der Waals surface area contributed by atoms with Gasteiger partial charge in [0.05, 0.1) is 22.7 Å². The number of benzene rings is 3. The van der Waals surface area contributed by atoms with Crippen LogP contribution in [0.15, 0.2) is 95.5 Å². The third-order valence-electron chi connectivity index (χ3n) is 7.27. The Morgan fingerprint density at radius 3 is 2.26 bits per heavy atom. The number of nitrogens with zero attached hydrogens (tertiary/aromatic N) is 3. The molecule has 5 aromatic rings. The molecule has 1 saturated carbocycles. The van der Waals surface area contributed by atoms with E-state index in [1.807, 2.05) is 91.9 Å². The number of hydrogen-bond acceptors (Lipinski definition) is 6. The number of hydrogen-bond donors (Lipinski definition) is 2. The highest BCUT2D eigenvalue weighted by molar-refractivity contribution is 5.85. The Bertz CT molecular complexity index is 1730. The number of pyridine rings is 1. The summed E-state index contributed by atoms with van der Waals surface area (Å²) in [6.07, 6.45) is 1.38. The van der Waals surface area contributed by atoms with Crippen molar-refractivity contribution in [3.8, 4) is 39.8 Å². The second-order valence-electron chi connectivity index (χ2n) is 9.70. The molecule has 3 aromatic carbocycles. The summed E-state index contributed by atoms with van der Waals surface area (Å²) in [5.74, 6) is 0.454. The number of aryl methyl sites for hydroxylation is 1. The van der Waals surface area contributed by atoms with Gasteiger partial charge in [0.1, 0.15) is 17.2 Å². The van der Waals surface area contributed by atoms with Crippen LogP contribution in [-0.4, -0.2) is 21.2 Å². The molecule has 0 saturated heterocycles. The largest absolute Gasteiger partial charge is 0.481 e. The first-order valence-corrected chi connectivity index (χ1v) is 12.6. The highest BCUT2D eigenvalue weighted by atomic mass is 16.5. The van der Waals surface area contributed by atoms with Crippen molar-refractivity contribution in [3.05, 3.63) is 108 Å². The fraction of sp³-hybridized carbons (Fsp3) is 0.125. The van der Waals surface area contributed by atoms with Crippen molar-refractivity contribution in [2.24, 2.45) is 0 Å². The number of nitrogens with one attached hydrogen (secondary N) is 1.